The summed E-state index contributed by atoms with van der Waals surface area (Å²) in [5.74, 6) is -5.51. The summed E-state index contributed by atoms with van der Waals surface area (Å²) in [6, 6.07) is 8.57. The van der Waals surface area contributed by atoms with Gasteiger partial charge in [-0.2, -0.15) is 26.3 Å². The van der Waals surface area contributed by atoms with E-state index < -0.39 is 24.3 Å². The van der Waals surface area contributed by atoms with Gasteiger partial charge in [0.05, 0.1) is 12.2 Å². The van der Waals surface area contributed by atoms with Gasteiger partial charge in [0.1, 0.15) is 0 Å². The molecule has 0 aliphatic carbocycles. The van der Waals surface area contributed by atoms with Gasteiger partial charge in [0.25, 0.3) is 0 Å². The second-order valence-electron chi connectivity index (χ2n) is 8.56. The third-order valence-corrected chi connectivity index (χ3v) is 6.53. The molecule has 0 bridgehead atoms. The van der Waals surface area contributed by atoms with E-state index in [4.69, 9.17) is 24.5 Å². The number of ether oxygens (including phenoxy) is 1. The van der Waals surface area contributed by atoms with Crippen molar-refractivity contribution in [3.63, 3.8) is 0 Å². The van der Waals surface area contributed by atoms with Crippen LogP contribution in [0, 0.1) is 0 Å². The molecule has 2 fully saturated rings. The summed E-state index contributed by atoms with van der Waals surface area (Å²) >= 11 is 1.86. The van der Waals surface area contributed by atoms with Gasteiger partial charge in [-0.3, -0.25) is 14.8 Å². The van der Waals surface area contributed by atoms with E-state index in [1.165, 1.54) is 10.4 Å². The Labute approximate surface area is 218 Å². The highest BCUT2D eigenvalue weighted by atomic mass is 32.1. The number of hydrogen-bond acceptors (Lipinski definition) is 7. The fraction of sp³-hybridized carbons (Fsp3) is 0.522. The number of thiophene rings is 1. The first-order chi connectivity index (χ1) is 17.7. The van der Waals surface area contributed by atoms with Crippen LogP contribution in [0.1, 0.15) is 23.3 Å². The van der Waals surface area contributed by atoms with Crippen molar-refractivity contribution in [3.05, 3.63) is 52.5 Å². The molecule has 38 heavy (non-hydrogen) atoms. The van der Waals surface area contributed by atoms with Gasteiger partial charge in [0, 0.05) is 56.5 Å². The normalized spacial score (nSPS) is 18.1. The molecule has 0 radical (unpaired) electrons. The summed E-state index contributed by atoms with van der Waals surface area (Å²) < 4.78 is 69.7. The van der Waals surface area contributed by atoms with Crippen LogP contribution in [0.15, 0.2) is 42.0 Å². The van der Waals surface area contributed by atoms with E-state index in [2.05, 4.69) is 38.4 Å². The van der Waals surface area contributed by atoms with E-state index in [1.807, 2.05) is 29.8 Å². The highest BCUT2D eigenvalue weighted by Gasteiger charge is 2.40. The molecule has 0 atom stereocenters. The standard InChI is InChI=1S/C19H25N3OS.2C2HF3O2/c1-3-17(13-20-7-1)14-22-10-11-23-19(16-22)5-8-21(9-6-19)15-18-4-2-12-24-18;2*3-2(4,5)1(6)7/h1-4,7,12-13H,5-6,8-11,14-16H2;2*(H,6,7). The van der Waals surface area contributed by atoms with Gasteiger partial charge < -0.3 is 14.9 Å². The average Bonchev–Trinajstić information content (AvgIpc) is 3.34. The number of alkyl halides is 6. The number of carboxylic acids is 2. The smallest absolute Gasteiger partial charge is 0.475 e. The molecular formula is C23H27F6N3O5S. The summed E-state index contributed by atoms with van der Waals surface area (Å²) in [6.45, 7) is 7.28. The Morgan fingerprint density at radius 2 is 1.55 bits per heavy atom. The quantitative estimate of drug-likeness (QED) is 0.525. The molecule has 4 rings (SSSR count). The number of aliphatic carboxylic acids is 2. The number of hydrogen-bond donors (Lipinski definition) is 2. The largest absolute Gasteiger partial charge is 0.490 e. The van der Waals surface area contributed by atoms with Crippen LogP contribution in [-0.2, 0) is 27.4 Å². The number of aromatic nitrogens is 1. The molecule has 15 heteroatoms. The molecule has 2 aliphatic heterocycles. The van der Waals surface area contributed by atoms with Crippen LogP contribution >= 0.6 is 11.3 Å². The number of carboxylic acid groups (broad SMARTS) is 2. The van der Waals surface area contributed by atoms with Gasteiger partial charge in [0.2, 0.25) is 0 Å². The summed E-state index contributed by atoms with van der Waals surface area (Å²) in [6.07, 6.45) is -4.07. The third-order valence-electron chi connectivity index (χ3n) is 5.67. The van der Waals surface area contributed by atoms with Crippen molar-refractivity contribution < 1.29 is 50.9 Å². The topological polar surface area (TPSA) is 103 Å². The van der Waals surface area contributed by atoms with E-state index in [-0.39, 0.29) is 5.60 Å². The minimum absolute atomic E-state index is 0.0619. The predicted molar refractivity (Wildman–Crippen MR) is 124 cm³/mol. The Morgan fingerprint density at radius 1 is 0.947 bits per heavy atom. The van der Waals surface area contributed by atoms with Crippen molar-refractivity contribution in [3.8, 4) is 0 Å². The predicted octanol–water partition coefficient (Wildman–Crippen LogP) is 4.28. The number of pyridine rings is 1. The minimum Gasteiger partial charge on any atom is -0.475 e. The third kappa shape index (κ3) is 10.9. The number of carbonyl (C=O) groups is 2. The fourth-order valence-electron chi connectivity index (χ4n) is 3.85. The minimum atomic E-state index is -5.08. The second-order valence-corrected chi connectivity index (χ2v) is 9.60. The first-order valence-electron chi connectivity index (χ1n) is 11.3. The van der Waals surface area contributed by atoms with E-state index >= 15 is 0 Å². The summed E-state index contributed by atoms with van der Waals surface area (Å²) in [4.78, 5) is 28.6. The zero-order chi connectivity index (χ0) is 28.4. The van der Waals surface area contributed by atoms with Crippen molar-refractivity contribution >= 4 is 23.3 Å². The van der Waals surface area contributed by atoms with Crippen LogP contribution in [-0.4, -0.2) is 87.7 Å². The van der Waals surface area contributed by atoms with E-state index in [9.17, 15) is 26.3 Å². The number of piperidine rings is 1. The molecule has 1 spiro atoms. The fourth-order valence-corrected chi connectivity index (χ4v) is 4.60. The molecule has 0 amide bonds. The highest BCUT2D eigenvalue weighted by molar-refractivity contribution is 7.09. The lowest BCUT2D eigenvalue weighted by molar-refractivity contribution is -0.193. The van der Waals surface area contributed by atoms with Crippen LogP contribution in [0.2, 0.25) is 0 Å². The molecule has 212 valence electrons. The van der Waals surface area contributed by atoms with Gasteiger partial charge >= 0.3 is 24.3 Å². The number of nitrogens with zero attached hydrogens (tertiary/aromatic N) is 3. The zero-order valence-electron chi connectivity index (χ0n) is 20.0. The molecule has 8 nitrogen and oxygen atoms in total. The molecule has 0 saturated carbocycles. The van der Waals surface area contributed by atoms with Crippen molar-refractivity contribution in [1.82, 2.24) is 14.8 Å². The summed E-state index contributed by atoms with van der Waals surface area (Å²) in [5.41, 5.74) is 1.36. The lowest BCUT2D eigenvalue weighted by Gasteiger charge is -2.47. The molecule has 2 aromatic rings. The molecule has 2 saturated heterocycles. The maximum absolute atomic E-state index is 10.6. The van der Waals surface area contributed by atoms with Crippen LogP contribution < -0.4 is 0 Å². The zero-order valence-corrected chi connectivity index (χ0v) is 20.9. The van der Waals surface area contributed by atoms with E-state index in [1.54, 1.807) is 0 Å². The molecule has 2 aromatic heterocycles. The van der Waals surface area contributed by atoms with Gasteiger partial charge in [-0.15, -0.1) is 11.3 Å². The number of morpholine rings is 1. The van der Waals surface area contributed by atoms with Crippen LogP contribution in [0.4, 0.5) is 26.3 Å². The first kappa shape index (κ1) is 31.5. The van der Waals surface area contributed by atoms with Crippen molar-refractivity contribution in [1.29, 1.82) is 0 Å². The first-order valence-corrected chi connectivity index (χ1v) is 12.2. The number of likely N-dealkylation sites (tertiary alicyclic amines) is 1. The van der Waals surface area contributed by atoms with Crippen molar-refractivity contribution in [2.45, 2.75) is 43.9 Å². The van der Waals surface area contributed by atoms with Crippen molar-refractivity contribution in [2.75, 3.05) is 32.8 Å². The molecule has 2 aliphatic rings. The summed E-state index contributed by atoms with van der Waals surface area (Å²) in [5, 5.41) is 16.4. The van der Waals surface area contributed by atoms with Gasteiger partial charge in [-0.05, 0) is 35.9 Å². The average molecular weight is 572 g/mol. The Kier molecular flexibility index (Phi) is 11.5. The maximum Gasteiger partial charge on any atom is 0.490 e. The van der Waals surface area contributed by atoms with Gasteiger partial charge in [-0.25, -0.2) is 9.59 Å². The van der Waals surface area contributed by atoms with Crippen LogP contribution in [0.3, 0.4) is 0 Å². The van der Waals surface area contributed by atoms with Gasteiger partial charge in [-0.1, -0.05) is 12.1 Å². The molecule has 4 heterocycles. The van der Waals surface area contributed by atoms with E-state index in [0.29, 0.717) is 0 Å². The lowest BCUT2D eigenvalue weighted by atomic mass is 9.89. The Morgan fingerprint density at radius 3 is 2.03 bits per heavy atom. The Bertz CT molecular complexity index is 973. The van der Waals surface area contributed by atoms with Crippen LogP contribution in [0.25, 0.3) is 0 Å². The SMILES string of the molecule is O=C(O)C(F)(F)F.O=C(O)C(F)(F)F.c1cncc(CN2CCOC3(CCN(Cc4cccs4)CC3)C2)c1. The lowest BCUT2D eigenvalue weighted by Crippen LogP contribution is -2.56. The second kappa shape index (κ2) is 13.9. The van der Waals surface area contributed by atoms with Crippen molar-refractivity contribution in [2.24, 2.45) is 0 Å². The monoisotopic (exact) mass is 571 g/mol. The Hall–Kier alpha value is -2.75. The maximum atomic E-state index is 10.6. The molecule has 0 aromatic carbocycles. The molecule has 2 N–H and O–H groups in total. The number of rotatable bonds is 4. The highest BCUT2D eigenvalue weighted by Crippen LogP contribution is 2.31. The Balaban J connectivity index is 0.000000301. The summed E-state index contributed by atoms with van der Waals surface area (Å²) in [7, 11) is 0. The van der Waals surface area contributed by atoms with Crippen LogP contribution in [0.5, 0.6) is 0 Å². The number of halogens is 6. The van der Waals surface area contributed by atoms with E-state index in [0.717, 1.165) is 58.7 Å². The molecule has 0 unspecified atom stereocenters. The van der Waals surface area contributed by atoms with Gasteiger partial charge in [0.15, 0.2) is 0 Å². The molecular weight excluding hydrogens is 544 g/mol.